The minimum Gasteiger partial charge on any atom is -0.491 e. The van der Waals surface area contributed by atoms with Crippen LogP contribution in [0.5, 0.6) is 5.75 Å². The fourth-order valence-electron chi connectivity index (χ4n) is 4.63. The monoisotopic (exact) mass is 476 g/mol. The lowest BCUT2D eigenvalue weighted by Crippen LogP contribution is -2.19. The number of fused-ring (bicyclic) bond motifs is 1. The molecule has 0 aliphatic heterocycles. The lowest BCUT2D eigenvalue weighted by atomic mass is 9.93. The van der Waals surface area contributed by atoms with Crippen molar-refractivity contribution in [2.24, 2.45) is 11.8 Å². The molecule has 35 heavy (non-hydrogen) atoms. The summed E-state index contributed by atoms with van der Waals surface area (Å²) in [5.41, 5.74) is 3.61. The van der Waals surface area contributed by atoms with Crippen LogP contribution in [-0.4, -0.2) is 28.2 Å². The third kappa shape index (κ3) is 6.75. The Morgan fingerprint density at radius 2 is 1.77 bits per heavy atom. The van der Waals surface area contributed by atoms with Crippen molar-refractivity contribution < 1.29 is 19.4 Å². The zero-order chi connectivity index (χ0) is 25.5. The number of aromatic nitrogens is 1. The van der Waals surface area contributed by atoms with Gasteiger partial charge in [0.2, 0.25) is 5.91 Å². The van der Waals surface area contributed by atoms with Gasteiger partial charge in [0.1, 0.15) is 5.75 Å². The molecule has 2 N–H and O–H groups in total. The first kappa shape index (κ1) is 26.1. The van der Waals surface area contributed by atoms with Gasteiger partial charge in [0.15, 0.2) is 0 Å². The van der Waals surface area contributed by atoms with E-state index in [-0.39, 0.29) is 18.9 Å². The molecule has 3 aromatic rings. The summed E-state index contributed by atoms with van der Waals surface area (Å²) in [4.78, 5) is 23.4. The molecule has 3 rings (SSSR count). The molecule has 0 radical (unpaired) electrons. The summed E-state index contributed by atoms with van der Waals surface area (Å²) in [6.45, 7) is 11.2. The van der Waals surface area contributed by atoms with Crippen LogP contribution in [0.4, 0.5) is 5.69 Å². The minimum atomic E-state index is -0.856. The van der Waals surface area contributed by atoms with E-state index in [1.54, 1.807) is 18.2 Å². The van der Waals surface area contributed by atoms with Crippen LogP contribution in [0.1, 0.15) is 59.1 Å². The summed E-state index contributed by atoms with van der Waals surface area (Å²) in [7, 11) is 0. The van der Waals surface area contributed by atoms with Crippen molar-refractivity contribution in [3.63, 3.8) is 0 Å². The van der Waals surface area contributed by atoms with Crippen molar-refractivity contribution in [1.82, 2.24) is 4.57 Å². The van der Waals surface area contributed by atoms with Gasteiger partial charge in [0.05, 0.1) is 12.3 Å². The minimum absolute atomic E-state index is 0.0415. The van der Waals surface area contributed by atoms with Crippen molar-refractivity contribution in [1.29, 1.82) is 0 Å². The van der Waals surface area contributed by atoms with E-state index in [0.29, 0.717) is 35.7 Å². The molecule has 0 saturated carbocycles. The molecule has 0 bridgehead atoms. The number of rotatable bonds is 11. The number of carbonyl (C=O) groups is 2. The number of carbonyl (C=O) groups excluding carboxylic acids is 1. The number of ether oxygens (including phenoxy) is 1. The van der Waals surface area contributed by atoms with Crippen LogP contribution in [0, 0.1) is 11.8 Å². The smallest absolute Gasteiger partial charge is 0.303 e. The van der Waals surface area contributed by atoms with Crippen LogP contribution in [0.3, 0.4) is 0 Å². The van der Waals surface area contributed by atoms with Crippen LogP contribution >= 0.6 is 0 Å². The fraction of sp³-hybridized carbons (Fsp3) is 0.379. The van der Waals surface area contributed by atoms with Gasteiger partial charge in [0, 0.05) is 35.6 Å². The maximum absolute atomic E-state index is 12.7. The van der Waals surface area contributed by atoms with E-state index in [0.717, 1.165) is 16.5 Å². The highest BCUT2D eigenvalue weighted by Gasteiger charge is 2.20. The number of nitrogens with zero attached hydrogens (tertiary/aromatic N) is 1. The van der Waals surface area contributed by atoms with E-state index >= 15 is 0 Å². The first-order chi connectivity index (χ1) is 16.7. The maximum Gasteiger partial charge on any atom is 0.303 e. The Balaban J connectivity index is 1.74. The number of para-hydroxylation sites is 2. The molecule has 1 aromatic heterocycles. The molecule has 0 aliphatic rings. The normalized spacial score (nSPS) is 12.1. The van der Waals surface area contributed by atoms with Crippen molar-refractivity contribution in [2.45, 2.75) is 53.5 Å². The van der Waals surface area contributed by atoms with Crippen LogP contribution in [0.25, 0.3) is 16.5 Å². The zero-order valence-corrected chi connectivity index (χ0v) is 21.2. The molecule has 0 unspecified atom stereocenters. The van der Waals surface area contributed by atoms with E-state index in [1.807, 2.05) is 19.1 Å². The molecule has 0 saturated heterocycles. The number of amides is 1. The Morgan fingerprint density at radius 3 is 2.46 bits per heavy atom. The van der Waals surface area contributed by atoms with Crippen molar-refractivity contribution in [2.75, 3.05) is 11.9 Å². The predicted octanol–water partition coefficient (Wildman–Crippen LogP) is 6.78. The third-order valence-corrected chi connectivity index (χ3v) is 6.15. The molecule has 0 spiro atoms. The summed E-state index contributed by atoms with van der Waals surface area (Å²) < 4.78 is 8.05. The van der Waals surface area contributed by atoms with Crippen molar-refractivity contribution >= 4 is 34.0 Å². The van der Waals surface area contributed by atoms with Crippen LogP contribution < -0.4 is 10.1 Å². The van der Waals surface area contributed by atoms with Gasteiger partial charge in [-0.05, 0) is 66.6 Å². The lowest BCUT2D eigenvalue weighted by molar-refractivity contribution is -0.137. The molecule has 1 amide bonds. The van der Waals surface area contributed by atoms with E-state index in [1.165, 1.54) is 5.52 Å². The number of allylic oxidation sites excluding steroid dienone is 1. The SMILES string of the molecule is CC(=CC(=O)Nc1ccccc1OCCCC(=O)O)c1ccc2c(ccn2C(C(C)C)C(C)C)c1. The Kier molecular flexibility index (Phi) is 8.74. The predicted molar refractivity (Wildman–Crippen MR) is 142 cm³/mol. The summed E-state index contributed by atoms with van der Waals surface area (Å²) in [5.74, 6) is 0.468. The maximum atomic E-state index is 12.7. The highest BCUT2D eigenvalue weighted by molar-refractivity contribution is 6.04. The summed E-state index contributed by atoms with van der Waals surface area (Å²) in [5, 5.41) is 12.8. The first-order valence-corrected chi connectivity index (χ1v) is 12.2. The number of benzene rings is 2. The largest absolute Gasteiger partial charge is 0.491 e. The Hall–Kier alpha value is -3.54. The van der Waals surface area contributed by atoms with E-state index in [4.69, 9.17) is 9.84 Å². The molecule has 0 atom stereocenters. The van der Waals surface area contributed by atoms with Gasteiger partial charge in [-0.25, -0.2) is 0 Å². The van der Waals surface area contributed by atoms with E-state index in [2.05, 4.69) is 68.0 Å². The summed E-state index contributed by atoms with van der Waals surface area (Å²) in [6, 6.07) is 16.0. The molecule has 2 aromatic carbocycles. The zero-order valence-electron chi connectivity index (χ0n) is 21.2. The standard InChI is InChI=1S/C29H36N2O4/c1-19(2)29(20(3)4)31-15-14-23-18-22(12-13-25(23)31)21(5)17-27(32)30-24-9-6-7-10-26(24)35-16-8-11-28(33)34/h6-7,9-10,12-15,17-20,29H,8,11,16H2,1-5H3,(H,30,32)(H,33,34). The van der Waals surface area contributed by atoms with E-state index < -0.39 is 5.97 Å². The van der Waals surface area contributed by atoms with Crippen molar-refractivity contribution in [3.8, 4) is 5.75 Å². The summed E-state index contributed by atoms with van der Waals surface area (Å²) in [6.07, 6.45) is 4.19. The molecule has 6 nitrogen and oxygen atoms in total. The molecular formula is C29H36N2O4. The topological polar surface area (TPSA) is 80.6 Å². The second-order valence-electron chi connectivity index (χ2n) is 9.63. The molecule has 0 aliphatic carbocycles. The Morgan fingerprint density at radius 1 is 1.06 bits per heavy atom. The molecular weight excluding hydrogens is 440 g/mol. The van der Waals surface area contributed by atoms with Crippen LogP contribution in [-0.2, 0) is 9.59 Å². The molecule has 1 heterocycles. The van der Waals surface area contributed by atoms with Gasteiger partial charge in [-0.3, -0.25) is 9.59 Å². The number of aliphatic carboxylic acids is 1. The Bertz CT molecular complexity index is 1200. The number of carboxylic acids is 1. The fourth-order valence-corrected chi connectivity index (χ4v) is 4.63. The molecule has 0 fully saturated rings. The number of hydrogen-bond donors (Lipinski definition) is 2. The van der Waals surface area contributed by atoms with Gasteiger partial charge in [-0.1, -0.05) is 45.9 Å². The third-order valence-electron chi connectivity index (χ3n) is 6.15. The molecule has 186 valence electrons. The van der Waals surface area contributed by atoms with Gasteiger partial charge in [0.25, 0.3) is 0 Å². The van der Waals surface area contributed by atoms with Gasteiger partial charge in [-0.15, -0.1) is 0 Å². The second-order valence-corrected chi connectivity index (χ2v) is 9.63. The quantitative estimate of drug-likeness (QED) is 0.236. The summed E-state index contributed by atoms with van der Waals surface area (Å²) >= 11 is 0. The van der Waals surface area contributed by atoms with Gasteiger partial charge >= 0.3 is 5.97 Å². The highest BCUT2D eigenvalue weighted by atomic mass is 16.5. The average Bonchev–Trinajstić information content (AvgIpc) is 3.19. The number of nitrogens with one attached hydrogen (secondary N) is 1. The lowest BCUT2D eigenvalue weighted by Gasteiger charge is -2.27. The number of carboxylic acid groups (broad SMARTS) is 1. The molecule has 6 heteroatoms. The van der Waals surface area contributed by atoms with E-state index in [9.17, 15) is 9.59 Å². The first-order valence-electron chi connectivity index (χ1n) is 12.2. The van der Waals surface area contributed by atoms with Gasteiger partial charge in [-0.2, -0.15) is 0 Å². The highest BCUT2D eigenvalue weighted by Crippen LogP contribution is 2.32. The average molecular weight is 477 g/mol. The number of hydrogen-bond acceptors (Lipinski definition) is 3. The number of anilines is 1. The van der Waals surface area contributed by atoms with Crippen LogP contribution in [0.2, 0.25) is 0 Å². The second kappa shape index (κ2) is 11.7. The van der Waals surface area contributed by atoms with Crippen LogP contribution in [0.15, 0.2) is 60.8 Å². The Labute approximate surface area is 207 Å². The van der Waals surface area contributed by atoms with Crippen molar-refractivity contribution in [3.05, 3.63) is 66.4 Å². The van der Waals surface area contributed by atoms with Gasteiger partial charge < -0.3 is 19.7 Å².